The monoisotopic (exact) mass is 376 g/mol. The smallest absolute Gasteiger partial charge is 0.299 e. The maximum absolute atomic E-state index is 7.21. The van der Waals surface area contributed by atoms with E-state index in [1.807, 2.05) is 0 Å². The fraction of sp³-hybridized carbons (Fsp3) is 0.913. The van der Waals surface area contributed by atoms with Crippen LogP contribution in [0.25, 0.3) is 0 Å². The lowest BCUT2D eigenvalue weighted by Crippen LogP contribution is -2.53. The van der Waals surface area contributed by atoms with Gasteiger partial charge in [-0.2, -0.15) is 0 Å². The first-order valence-corrected chi connectivity index (χ1v) is 15.1. The van der Waals surface area contributed by atoms with Gasteiger partial charge in [-0.15, -0.1) is 6.58 Å². The predicted molar refractivity (Wildman–Crippen MR) is 121 cm³/mol. The van der Waals surface area contributed by atoms with E-state index in [2.05, 4.69) is 53.1 Å². The van der Waals surface area contributed by atoms with Crippen LogP contribution in [0.4, 0.5) is 0 Å². The third kappa shape index (κ3) is 4.51. The maximum Gasteiger partial charge on any atom is 0.299 e. The second kappa shape index (κ2) is 9.46. The van der Waals surface area contributed by atoms with E-state index in [0.29, 0.717) is 18.9 Å². The Morgan fingerprint density at radius 2 is 1.62 bits per heavy atom. The van der Waals surface area contributed by atoms with Gasteiger partial charge in [0.1, 0.15) is 0 Å². The van der Waals surface area contributed by atoms with Gasteiger partial charge in [-0.25, -0.2) is 0 Å². The van der Waals surface area contributed by atoms with Gasteiger partial charge in [0.2, 0.25) is 0 Å². The van der Waals surface area contributed by atoms with Crippen molar-refractivity contribution in [3.8, 4) is 0 Å². The van der Waals surface area contributed by atoms with Crippen molar-refractivity contribution in [2.24, 2.45) is 5.92 Å². The maximum atomic E-state index is 7.21. The molecule has 2 unspecified atom stereocenters. The fourth-order valence-electron chi connectivity index (χ4n) is 6.42. The molecule has 2 rings (SSSR count). The molecular weight excluding hydrogens is 331 g/mol. The molecule has 26 heavy (non-hydrogen) atoms. The largest absolute Gasteiger partial charge is 0.432 e. The van der Waals surface area contributed by atoms with E-state index >= 15 is 0 Å². The highest BCUT2D eigenvalue weighted by molar-refractivity contribution is 6.80. The normalized spacial score (nSPS) is 27.3. The molecule has 0 N–H and O–H groups in total. The highest BCUT2D eigenvalue weighted by atomic mass is 28.3. The summed E-state index contributed by atoms with van der Waals surface area (Å²) in [6, 6.07) is 0. The highest BCUT2D eigenvalue weighted by Gasteiger charge is 2.52. The number of fused-ring (bicyclic) bond motifs is 2. The molecule has 150 valence electrons. The van der Waals surface area contributed by atoms with Gasteiger partial charge in [0.05, 0.1) is 8.07 Å². The molecule has 0 amide bonds. The second-order valence-corrected chi connectivity index (χ2v) is 15.9. The molecule has 1 nitrogen and oxygen atoms in total. The van der Waals surface area contributed by atoms with Crippen molar-refractivity contribution in [2.75, 3.05) is 0 Å². The average Bonchev–Trinajstić information content (AvgIpc) is 2.54. The number of hydrogen-bond donors (Lipinski definition) is 0. The Bertz CT molecular complexity index is 422. The summed E-state index contributed by atoms with van der Waals surface area (Å²) in [5.41, 5.74) is 0. The Hall–Kier alpha value is -0.0182. The van der Waals surface area contributed by atoms with Crippen LogP contribution < -0.4 is 0 Å². The molecule has 2 atom stereocenters. The summed E-state index contributed by atoms with van der Waals surface area (Å²) >= 11 is 0. The molecule has 0 aromatic carbocycles. The molecule has 0 radical (unpaired) electrons. The molecule has 3 heteroatoms. The molecule has 2 fully saturated rings. The van der Waals surface area contributed by atoms with Crippen LogP contribution >= 0.6 is 0 Å². The molecule has 2 aliphatic rings. The van der Waals surface area contributed by atoms with Crippen molar-refractivity contribution in [3.63, 3.8) is 0 Å². The number of unbranched alkanes of at least 4 members (excludes halogenated alkanes) is 2. The SMILES string of the molecule is C=CC(C(C)C)(C(CCCCC)OB1C2CCCC1CCC2)[Si](C)(C)C. The molecule has 2 saturated heterocycles. The van der Waals surface area contributed by atoms with Gasteiger partial charge in [-0.1, -0.05) is 104 Å². The number of rotatable bonds is 10. The van der Waals surface area contributed by atoms with Crippen molar-refractivity contribution in [1.29, 1.82) is 0 Å². The first kappa shape index (κ1) is 22.3. The summed E-state index contributed by atoms with van der Waals surface area (Å²) < 4.78 is 7.21. The van der Waals surface area contributed by atoms with Crippen LogP contribution in [-0.4, -0.2) is 21.1 Å². The third-order valence-electron chi connectivity index (χ3n) is 7.75. The molecule has 2 bridgehead atoms. The van der Waals surface area contributed by atoms with Crippen LogP contribution in [0.1, 0.15) is 85.0 Å². The van der Waals surface area contributed by atoms with E-state index in [-0.39, 0.29) is 5.04 Å². The van der Waals surface area contributed by atoms with E-state index in [9.17, 15) is 0 Å². The van der Waals surface area contributed by atoms with Crippen LogP contribution in [-0.2, 0) is 4.65 Å². The summed E-state index contributed by atoms with van der Waals surface area (Å²) in [5, 5.41) is 0.173. The van der Waals surface area contributed by atoms with Crippen molar-refractivity contribution < 1.29 is 4.65 Å². The minimum absolute atomic E-state index is 0.173. The molecule has 0 aromatic rings. The van der Waals surface area contributed by atoms with Gasteiger partial charge in [0, 0.05) is 11.1 Å². The van der Waals surface area contributed by atoms with Crippen molar-refractivity contribution in [2.45, 2.75) is 127 Å². The third-order valence-corrected chi connectivity index (χ3v) is 11.4. The first-order valence-electron chi connectivity index (χ1n) is 11.6. The standard InChI is InChI=1S/C23H45BOSi/c1-8-10-11-18-22(23(9-2,19(3)4)26(5,6)7)25-24-20-14-12-15-21(24)17-13-16-20/h9,19-22H,2,8,10-18H2,1,3-7H3. The summed E-state index contributed by atoms with van der Waals surface area (Å²) in [5.74, 6) is 2.25. The Labute approximate surface area is 165 Å². The Morgan fingerprint density at radius 3 is 2.00 bits per heavy atom. The van der Waals surface area contributed by atoms with Crippen LogP contribution in [0.15, 0.2) is 12.7 Å². The summed E-state index contributed by atoms with van der Waals surface area (Å²) in [7, 11) is -1.49. The summed E-state index contributed by atoms with van der Waals surface area (Å²) in [6.07, 6.45) is 16.3. The van der Waals surface area contributed by atoms with Gasteiger partial charge >= 0.3 is 0 Å². The molecule has 2 aliphatic heterocycles. The lowest BCUT2D eigenvalue weighted by atomic mass is 9.37. The average molecular weight is 377 g/mol. The number of hydrogen-bond acceptors (Lipinski definition) is 1. The Kier molecular flexibility index (Phi) is 8.10. The van der Waals surface area contributed by atoms with Gasteiger partial charge in [0.25, 0.3) is 6.92 Å². The zero-order chi connectivity index (χ0) is 19.4. The van der Waals surface area contributed by atoms with E-state index < -0.39 is 8.07 Å². The highest BCUT2D eigenvalue weighted by Crippen LogP contribution is 2.55. The van der Waals surface area contributed by atoms with Crippen LogP contribution in [0.2, 0.25) is 36.3 Å². The molecule has 0 spiro atoms. The summed E-state index contributed by atoms with van der Waals surface area (Å²) in [4.78, 5) is 0. The molecule has 0 aromatic heterocycles. The lowest BCUT2D eigenvalue weighted by molar-refractivity contribution is 0.109. The lowest BCUT2D eigenvalue weighted by Gasteiger charge is -2.53. The topological polar surface area (TPSA) is 9.23 Å². The van der Waals surface area contributed by atoms with Crippen LogP contribution in [0.5, 0.6) is 0 Å². The fourth-order valence-corrected chi connectivity index (χ4v) is 9.94. The van der Waals surface area contributed by atoms with Gasteiger partial charge in [-0.05, 0) is 24.0 Å². The van der Waals surface area contributed by atoms with Gasteiger partial charge in [-0.3, -0.25) is 0 Å². The zero-order valence-electron chi connectivity index (χ0n) is 18.7. The molecular formula is C23H45BOSi. The van der Waals surface area contributed by atoms with E-state index in [1.165, 1.54) is 64.2 Å². The zero-order valence-corrected chi connectivity index (χ0v) is 19.7. The minimum atomic E-state index is -1.49. The van der Waals surface area contributed by atoms with E-state index in [4.69, 9.17) is 4.65 Å². The van der Waals surface area contributed by atoms with Crippen molar-refractivity contribution in [1.82, 2.24) is 0 Å². The quantitative estimate of drug-likeness (QED) is 0.213. The molecule has 0 aliphatic carbocycles. The minimum Gasteiger partial charge on any atom is -0.432 e. The van der Waals surface area contributed by atoms with Crippen LogP contribution in [0.3, 0.4) is 0 Å². The van der Waals surface area contributed by atoms with Crippen molar-refractivity contribution >= 4 is 15.0 Å². The molecule has 2 heterocycles. The Morgan fingerprint density at radius 1 is 1.08 bits per heavy atom. The molecule has 0 saturated carbocycles. The predicted octanol–water partition coefficient (Wildman–Crippen LogP) is 7.97. The van der Waals surface area contributed by atoms with Gasteiger partial charge < -0.3 is 4.65 Å². The van der Waals surface area contributed by atoms with E-state index in [1.54, 1.807) is 0 Å². The van der Waals surface area contributed by atoms with Gasteiger partial charge in [0.15, 0.2) is 0 Å². The first-order chi connectivity index (χ1) is 12.3. The second-order valence-electron chi connectivity index (χ2n) is 10.5. The Balaban J connectivity index is 2.30. The van der Waals surface area contributed by atoms with Crippen molar-refractivity contribution in [3.05, 3.63) is 12.7 Å². The summed E-state index contributed by atoms with van der Waals surface area (Å²) in [6.45, 7) is 19.7. The van der Waals surface area contributed by atoms with E-state index in [0.717, 1.165) is 11.6 Å². The van der Waals surface area contributed by atoms with Crippen LogP contribution in [0, 0.1) is 5.92 Å².